The number of Topliss-reactive ketones (excluding diaryl/α,β-unsaturated/α-hetero) is 1. The average Bonchev–Trinajstić information content (AvgIpc) is 2.69. The van der Waals surface area contributed by atoms with Crippen molar-refractivity contribution in [3.8, 4) is 0 Å². The molecule has 1 amide bonds. The molecule has 0 aromatic carbocycles. The summed E-state index contributed by atoms with van der Waals surface area (Å²) >= 11 is 0. The van der Waals surface area contributed by atoms with Crippen molar-refractivity contribution >= 4 is 17.8 Å². The number of ether oxygens (including phenoxy) is 2. The van der Waals surface area contributed by atoms with Gasteiger partial charge in [0.15, 0.2) is 5.78 Å². The molecule has 0 spiro atoms. The van der Waals surface area contributed by atoms with Crippen LogP contribution in [0.3, 0.4) is 0 Å². The Balaban J connectivity index is 2.72. The van der Waals surface area contributed by atoms with Crippen molar-refractivity contribution < 1.29 is 28.2 Å². The van der Waals surface area contributed by atoms with Gasteiger partial charge >= 0.3 is 12.1 Å². The summed E-state index contributed by atoms with van der Waals surface area (Å²) in [5, 5.41) is 0. The molecule has 0 aromatic rings. The number of nitrogens with zero attached hydrogens (tertiary/aromatic N) is 1. The van der Waals surface area contributed by atoms with Crippen LogP contribution in [0.2, 0.25) is 0 Å². The monoisotopic (exact) mass is 303 g/mol. The molecule has 1 heterocycles. The maximum Gasteiger partial charge on any atom is 0.411 e. The van der Waals surface area contributed by atoms with Crippen molar-refractivity contribution in [3.63, 3.8) is 0 Å². The topological polar surface area (TPSA) is 72.9 Å². The minimum Gasteiger partial charge on any atom is -0.466 e. The van der Waals surface area contributed by atoms with Gasteiger partial charge in [-0.25, -0.2) is 9.18 Å². The highest BCUT2D eigenvalue weighted by Gasteiger charge is 2.41. The molecule has 0 aliphatic carbocycles. The molecule has 1 rings (SSSR count). The summed E-state index contributed by atoms with van der Waals surface area (Å²) in [4.78, 5) is 36.4. The summed E-state index contributed by atoms with van der Waals surface area (Å²) in [7, 11) is 0. The zero-order chi connectivity index (χ0) is 16.2. The van der Waals surface area contributed by atoms with Crippen molar-refractivity contribution in [3.05, 3.63) is 0 Å². The summed E-state index contributed by atoms with van der Waals surface area (Å²) in [6, 6.07) is -0.973. The fourth-order valence-corrected chi connectivity index (χ4v) is 2.08. The van der Waals surface area contributed by atoms with Gasteiger partial charge in [-0.2, -0.15) is 0 Å². The van der Waals surface area contributed by atoms with E-state index in [9.17, 15) is 18.8 Å². The quantitative estimate of drug-likeness (QED) is 0.585. The number of likely N-dealkylation sites (tertiary alicyclic amines) is 1. The predicted molar refractivity (Wildman–Crippen MR) is 72.5 cm³/mol. The van der Waals surface area contributed by atoms with Gasteiger partial charge in [-0.05, 0) is 27.7 Å². The van der Waals surface area contributed by atoms with Gasteiger partial charge in [-0.3, -0.25) is 14.5 Å². The minimum atomic E-state index is -1.30. The summed E-state index contributed by atoms with van der Waals surface area (Å²) in [5.74, 6) is -1.20. The lowest BCUT2D eigenvalue weighted by Gasteiger charge is -2.27. The molecule has 21 heavy (non-hydrogen) atoms. The van der Waals surface area contributed by atoms with Gasteiger partial charge in [0.2, 0.25) is 0 Å². The van der Waals surface area contributed by atoms with E-state index in [-0.39, 0.29) is 19.6 Å². The highest BCUT2D eigenvalue weighted by Crippen LogP contribution is 2.24. The third-order valence-electron chi connectivity index (χ3n) is 2.87. The zero-order valence-electron chi connectivity index (χ0n) is 12.8. The zero-order valence-corrected chi connectivity index (χ0v) is 12.8. The Morgan fingerprint density at radius 2 is 1.90 bits per heavy atom. The molecule has 2 atom stereocenters. The van der Waals surface area contributed by atoms with E-state index < -0.39 is 42.1 Å². The number of ketones is 1. The molecular weight excluding hydrogens is 281 g/mol. The smallest absolute Gasteiger partial charge is 0.411 e. The average molecular weight is 303 g/mol. The summed E-state index contributed by atoms with van der Waals surface area (Å²) in [6.07, 6.45) is -2.62. The van der Waals surface area contributed by atoms with Crippen LogP contribution in [0.15, 0.2) is 0 Å². The van der Waals surface area contributed by atoms with E-state index in [1.165, 1.54) is 0 Å². The minimum absolute atomic E-state index is 0.114. The molecule has 120 valence electrons. The number of amides is 1. The normalized spacial score (nSPS) is 22.0. The van der Waals surface area contributed by atoms with Gasteiger partial charge in [-0.15, -0.1) is 0 Å². The van der Waals surface area contributed by atoms with Gasteiger partial charge < -0.3 is 9.47 Å². The van der Waals surface area contributed by atoms with Crippen molar-refractivity contribution in [1.29, 1.82) is 0 Å². The molecule has 0 radical (unpaired) electrons. The van der Waals surface area contributed by atoms with Crippen LogP contribution in [0.25, 0.3) is 0 Å². The molecule has 0 aromatic heterocycles. The van der Waals surface area contributed by atoms with E-state index in [4.69, 9.17) is 4.74 Å². The highest BCUT2D eigenvalue weighted by molar-refractivity contribution is 5.99. The van der Waals surface area contributed by atoms with Crippen LogP contribution in [0.5, 0.6) is 0 Å². The van der Waals surface area contributed by atoms with Crippen LogP contribution in [0.4, 0.5) is 9.18 Å². The van der Waals surface area contributed by atoms with Crippen LogP contribution < -0.4 is 0 Å². The first-order chi connectivity index (χ1) is 9.64. The third kappa shape index (κ3) is 5.32. The van der Waals surface area contributed by atoms with Gasteiger partial charge in [0.1, 0.15) is 18.2 Å². The number of hydrogen-bond donors (Lipinski definition) is 0. The molecule has 6 nitrogen and oxygen atoms in total. The fraction of sp³-hybridized carbons (Fsp3) is 0.786. The van der Waals surface area contributed by atoms with Crippen molar-refractivity contribution in [2.45, 2.75) is 58.4 Å². The van der Waals surface area contributed by atoms with E-state index in [0.29, 0.717) is 0 Å². The van der Waals surface area contributed by atoms with Crippen molar-refractivity contribution in [2.75, 3.05) is 13.2 Å². The third-order valence-corrected chi connectivity index (χ3v) is 2.87. The second-order valence-electron chi connectivity index (χ2n) is 5.93. The maximum absolute atomic E-state index is 13.5. The first-order valence-corrected chi connectivity index (χ1v) is 6.96. The lowest BCUT2D eigenvalue weighted by atomic mass is 10.1. The number of rotatable bonds is 4. The number of hydrogen-bond acceptors (Lipinski definition) is 5. The van der Waals surface area contributed by atoms with Crippen LogP contribution in [-0.2, 0) is 19.1 Å². The van der Waals surface area contributed by atoms with E-state index in [2.05, 4.69) is 4.74 Å². The van der Waals surface area contributed by atoms with Gasteiger partial charge in [0.05, 0.1) is 19.2 Å². The Morgan fingerprint density at radius 1 is 1.29 bits per heavy atom. The molecule has 1 fully saturated rings. The maximum atomic E-state index is 13.5. The molecule has 0 saturated carbocycles. The lowest BCUT2D eigenvalue weighted by molar-refractivity contribution is -0.146. The van der Waals surface area contributed by atoms with Crippen LogP contribution in [-0.4, -0.2) is 53.7 Å². The van der Waals surface area contributed by atoms with Gasteiger partial charge in [-0.1, -0.05) is 0 Å². The van der Waals surface area contributed by atoms with Gasteiger partial charge in [0, 0.05) is 6.42 Å². The standard InChI is InChI=1S/C14H22FNO5/c1-5-20-12(18)7-11(17)10-6-9(15)8-16(10)13(19)21-14(2,3)4/h9-10H,5-8H2,1-4H3/t9-,10+/m1/s1. The Hall–Kier alpha value is -1.66. The Kier molecular flexibility index (Phi) is 5.69. The van der Waals surface area contributed by atoms with E-state index in [1.54, 1.807) is 27.7 Å². The Labute approximate surface area is 123 Å². The van der Waals surface area contributed by atoms with Gasteiger partial charge in [0.25, 0.3) is 0 Å². The van der Waals surface area contributed by atoms with Crippen molar-refractivity contribution in [1.82, 2.24) is 4.90 Å². The van der Waals surface area contributed by atoms with Crippen LogP contribution in [0.1, 0.15) is 40.5 Å². The fourth-order valence-electron chi connectivity index (χ4n) is 2.08. The Bertz CT molecular complexity index is 418. The second-order valence-corrected chi connectivity index (χ2v) is 5.93. The van der Waals surface area contributed by atoms with E-state index in [1.807, 2.05) is 0 Å². The first kappa shape index (κ1) is 17.4. The number of alkyl halides is 1. The molecule has 0 unspecified atom stereocenters. The number of esters is 1. The number of halogens is 1. The van der Waals surface area contributed by atoms with Crippen molar-refractivity contribution in [2.24, 2.45) is 0 Å². The summed E-state index contributed by atoms with van der Waals surface area (Å²) < 4.78 is 23.4. The highest BCUT2D eigenvalue weighted by atomic mass is 19.1. The molecule has 0 bridgehead atoms. The molecule has 7 heteroatoms. The van der Waals surface area contributed by atoms with E-state index in [0.717, 1.165) is 4.90 Å². The second kappa shape index (κ2) is 6.87. The lowest BCUT2D eigenvalue weighted by Crippen LogP contribution is -2.44. The number of carbonyl (C=O) groups is 3. The molecular formula is C14H22FNO5. The van der Waals surface area contributed by atoms with Crippen LogP contribution in [0, 0.1) is 0 Å². The molecule has 0 N–H and O–H groups in total. The predicted octanol–water partition coefficient (Wildman–Crippen LogP) is 1.86. The summed E-state index contributed by atoms with van der Waals surface area (Å²) in [6.45, 7) is 6.64. The SMILES string of the molecule is CCOC(=O)CC(=O)[C@@H]1C[C@@H](F)CN1C(=O)OC(C)(C)C. The largest absolute Gasteiger partial charge is 0.466 e. The molecule has 1 saturated heterocycles. The number of carbonyl (C=O) groups excluding carboxylic acids is 3. The molecule has 1 aliphatic heterocycles. The Morgan fingerprint density at radius 3 is 2.43 bits per heavy atom. The summed E-state index contributed by atoms with van der Waals surface area (Å²) in [5.41, 5.74) is -0.736. The van der Waals surface area contributed by atoms with E-state index >= 15 is 0 Å². The first-order valence-electron chi connectivity index (χ1n) is 6.96. The molecule has 1 aliphatic rings. The van der Waals surface area contributed by atoms with Crippen LogP contribution >= 0.6 is 0 Å².